The Balaban J connectivity index is 2.09. The molecular formula is C27H26. The average Bonchev–Trinajstić information content (AvgIpc) is 3.02. The molecule has 0 radical (unpaired) electrons. The van der Waals surface area contributed by atoms with Gasteiger partial charge in [0.25, 0.3) is 0 Å². The highest BCUT2D eigenvalue weighted by atomic mass is 14.5. The van der Waals surface area contributed by atoms with Crippen LogP contribution in [0.15, 0.2) is 96.6 Å². The van der Waals surface area contributed by atoms with E-state index in [-0.39, 0.29) is 5.41 Å². The molecule has 27 heavy (non-hydrogen) atoms. The van der Waals surface area contributed by atoms with Crippen LogP contribution in [0.2, 0.25) is 0 Å². The van der Waals surface area contributed by atoms with Crippen LogP contribution in [0.4, 0.5) is 0 Å². The summed E-state index contributed by atoms with van der Waals surface area (Å²) in [5.74, 6) is 0. The van der Waals surface area contributed by atoms with Crippen molar-refractivity contribution < 1.29 is 0 Å². The Morgan fingerprint density at radius 2 is 1.30 bits per heavy atom. The molecular weight excluding hydrogens is 324 g/mol. The van der Waals surface area contributed by atoms with Crippen molar-refractivity contribution >= 4 is 0 Å². The zero-order chi connectivity index (χ0) is 18.9. The van der Waals surface area contributed by atoms with Crippen molar-refractivity contribution in [3.63, 3.8) is 0 Å². The smallest absolute Gasteiger partial charge is 0.0670 e. The lowest BCUT2D eigenvalue weighted by molar-refractivity contribution is 0.748. The molecule has 0 heterocycles. The molecule has 0 N–H and O–H groups in total. The Labute approximate surface area is 162 Å². The Bertz CT molecular complexity index is 953. The average molecular weight is 351 g/mol. The van der Waals surface area contributed by atoms with Crippen molar-refractivity contribution in [1.82, 2.24) is 0 Å². The second kappa shape index (κ2) is 7.04. The third kappa shape index (κ3) is 2.86. The highest BCUT2D eigenvalue weighted by molar-refractivity contribution is 5.66. The molecule has 1 aliphatic carbocycles. The lowest BCUT2D eigenvalue weighted by Crippen LogP contribution is -2.28. The maximum Gasteiger partial charge on any atom is 0.0670 e. The van der Waals surface area contributed by atoms with Gasteiger partial charge in [-0.1, -0.05) is 102 Å². The first kappa shape index (κ1) is 17.5. The van der Waals surface area contributed by atoms with E-state index in [1.54, 1.807) is 0 Å². The van der Waals surface area contributed by atoms with Gasteiger partial charge in [-0.05, 0) is 55.0 Å². The SMILES string of the molecule is C/C=C\C=C1/Cc2ccccc2C1(c1ccc(C)cc1)c1ccc(C)cc1. The van der Waals surface area contributed by atoms with Crippen molar-refractivity contribution in [3.8, 4) is 0 Å². The lowest BCUT2D eigenvalue weighted by atomic mass is 9.67. The normalized spacial score (nSPS) is 16.8. The number of hydrogen-bond acceptors (Lipinski definition) is 0. The van der Waals surface area contributed by atoms with Crippen LogP contribution in [-0.4, -0.2) is 0 Å². The van der Waals surface area contributed by atoms with Crippen LogP contribution < -0.4 is 0 Å². The second-order valence-corrected chi connectivity index (χ2v) is 7.53. The summed E-state index contributed by atoms with van der Waals surface area (Å²) in [5, 5.41) is 0. The standard InChI is InChI=1S/C27H26/c1-4-5-9-25-19-22-8-6-7-10-26(22)27(25,23-15-11-20(2)12-16-23)24-17-13-21(3)14-18-24/h4-18H,19H2,1-3H3/b5-4-,25-9+. The van der Waals surface area contributed by atoms with Gasteiger partial charge in [0.1, 0.15) is 0 Å². The number of hydrogen-bond donors (Lipinski definition) is 0. The lowest BCUT2D eigenvalue weighted by Gasteiger charge is -2.34. The fourth-order valence-electron chi connectivity index (χ4n) is 4.40. The first-order valence-corrected chi connectivity index (χ1v) is 9.71. The monoisotopic (exact) mass is 350 g/mol. The predicted octanol–water partition coefficient (Wildman–Crippen LogP) is 6.70. The molecule has 0 spiro atoms. The van der Waals surface area contributed by atoms with Crippen LogP contribution in [-0.2, 0) is 11.8 Å². The molecule has 4 rings (SSSR count). The molecule has 0 saturated heterocycles. The Hall–Kier alpha value is -2.86. The van der Waals surface area contributed by atoms with Crippen molar-refractivity contribution in [3.05, 3.63) is 130 Å². The second-order valence-electron chi connectivity index (χ2n) is 7.53. The first-order valence-electron chi connectivity index (χ1n) is 9.71. The van der Waals surface area contributed by atoms with Crippen LogP contribution in [0.1, 0.15) is 40.3 Å². The van der Waals surface area contributed by atoms with E-state index in [2.05, 4.69) is 112 Å². The van der Waals surface area contributed by atoms with Crippen LogP contribution in [0.3, 0.4) is 0 Å². The van der Waals surface area contributed by atoms with Gasteiger partial charge >= 0.3 is 0 Å². The maximum atomic E-state index is 2.32. The molecule has 1 aliphatic rings. The first-order chi connectivity index (χ1) is 13.2. The van der Waals surface area contributed by atoms with Crippen molar-refractivity contribution in [2.24, 2.45) is 0 Å². The van der Waals surface area contributed by atoms with Gasteiger partial charge in [-0.3, -0.25) is 0 Å². The molecule has 0 saturated carbocycles. The zero-order valence-electron chi connectivity index (χ0n) is 16.4. The van der Waals surface area contributed by atoms with Gasteiger partial charge in [0, 0.05) is 0 Å². The molecule has 0 unspecified atom stereocenters. The summed E-state index contributed by atoms with van der Waals surface area (Å²) in [5.41, 5.74) is 9.33. The van der Waals surface area contributed by atoms with Crippen LogP contribution in [0.25, 0.3) is 0 Å². The van der Waals surface area contributed by atoms with E-state index in [0.717, 1.165) is 6.42 Å². The van der Waals surface area contributed by atoms with Gasteiger partial charge in [-0.25, -0.2) is 0 Å². The van der Waals surface area contributed by atoms with Crippen molar-refractivity contribution in [2.45, 2.75) is 32.6 Å². The van der Waals surface area contributed by atoms with Crippen LogP contribution in [0.5, 0.6) is 0 Å². The maximum absolute atomic E-state index is 2.32. The van der Waals surface area contributed by atoms with Gasteiger partial charge in [0.2, 0.25) is 0 Å². The van der Waals surface area contributed by atoms with E-state index in [4.69, 9.17) is 0 Å². The highest BCUT2D eigenvalue weighted by Crippen LogP contribution is 2.52. The molecule has 134 valence electrons. The van der Waals surface area contributed by atoms with Crippen molar-refractivity contribution in [2.75, 3.05) is 0 Å². The quantitative estimate of drug-likeness (QED) is 0.493. The van der Waals surface area contributed by atoms with Crippen LogP contribution in [0, 0.1) is 13.8 Å². The molecule has 0 fully saturated rings. The fourth-order valence-corrected chi connectivity index (χ4v) is 4.40. The number of rotatable bonds is 3. The summed E-state index contributed by atoms with van der Waals surface area (Å²) >= 11 is 0. The highest BCUT2D eigenvalue weighted by Gasteiger charge is 2.45. The predicted molar refractivity (Wildman–Crippen MR) is 115 cm³/mol. The molecule has 0 heteroatoms. The molecule has 0 bridgehead atoms. The van der Waals surface area contributed by atoms with E-state index in [1.165, 1.54) is 39.0 Å². The minimum atomic E-state index is -0.225. The summed E-state index contributed by atoms with van der Waals surface area (Å²) in [4.78, 5) is 0. The number of fused-ring (bicyclic) bond motifs is 1. The van der Waals surface area contributed by atoms with Gasteiger partial charge in [-0.2, -0.15) is 0 Å². The summed E-state index contributed by atoms with van der Waals surface area (Å²) in [6.07, 6.45) is 7.60. The summed E-state index contributed by atoms with van der Waals surface area (Å²) < 4.78 is 0. The molecule has 3 aromatic carbocycles. The molecule has 0 nitrogen and oxygen atoms in total. The van der Waals surface area contributed by atoms with Crippen molar-refractivity contribution in [1.29, 1.82) is 0 Å². The molecule has 3 aromatic rings. The molecule has 0 atom stereocenters. The third-order valence-electron chi connectivity index (χ3n) is 5.74. The number of aryl methyl sites for hydroxylation is 2. The Morgan fingerprint density at radius 1 is 0.741 bits per heavy atom. The van der Waals surface area contributed by atoms with E-state index in [0.29, 0.717) is 0 Å². The summed E-state index contributed by atoms with van der Waals surface area (Å²) in [6, 6.07) is 27.1. The van der Waals surface area contributed by atoms with Gasteiger partial charge in [0.05, 0.1) is 5.41 Å². The summed E-state index contributed by atoms with van der Waals surface area (Å²) in [7, 11) is 0. The van der Waals surface area contributed by atoms with E-state index in [9.17, 15) is 0 Å². The zero-order valence-corrected chi connectivity index (χ0v) is 16.4. The topological polar surface area (TPSA) is 0 Å². The molecule has 0 aliphatic heterocycles. The van der Waals surface area contributed by atoms with Gasteiger partial charge in [-0.15, -0.1) is 0 Å². The Morgan fingerprint density at radius 3 is 1.85 bits per heavy atom. The molecule has 0 aromatic heterocycles. The fraction of sp³-hybridized carbons (Fsp3) is 0.185. The molecule has 0 amide bonds. The number of benzene rings is 3. The van der Waals surface area contributed by atoms with E-state index >= 15 is 0 Å². The minimum absolute atomic E-state index is 0.225. The summed E-state index contributed by atoms with van der Waals surface area (Å²) in [6.45, 7) is 6.39. The third-order valence-corrected chi connectivity index (χ3v) is 5.74. The van der Waals surface area contributed by atoms with E-state index < -0.39 is 0 Å². The van der Waals surface area contributed by atoms with Gasteiger partial charge < -0.3 is 0 Å². The number of allylic oxidation sites excluding steroid dienone is 4. The van der Waals surface area contributed by atoms with E-state index in [1.807, 2.05) is 0 Å². The van der Waals surface area contributed by atoms with Crippen LogP contribution >= 0.6 is 0 Å². The minimum Gasteiger partial charge on any atom is -0.0877 e. The Kier molecular flexibility index (Phi) is 4.58. The largest absolute Gasteiger partial charge is 0.0877 e. The van der Waals surface area contributed by atoms with Gasteiger partial charge in [0.15, 0.2) is 0 Å².